The van der Waals surface area contributed by atoms with Crippen LogP contribution in [0.2, 0.25) is 3.67 Å². The first-order valence-corrected chi connectivity index (χ1v) is 17.2. The molecule has 0 heterocycles. The molecular weight excluding hydrogens is 608 g/mol. The maximum Gasteiger partial charge on any atom is -1.00 e. The van der Waals surface area contributed by atoms with Gasteiger partial charge in [-0.2, -0.15) is 0 Å². The maximum atomic E-state index is 2.59. The van der Waals surface area contributed by atoms with Gasteiger partial charge in [0.05, 0.1) is 0 Å². The van der Waals surface area contributed by atoms with E-state index < -0.39 is 30.8 Å². The summed E-state index contributed by atoms with van der Waals surface area (Å²) in [5.74, 6) is 1.60. The molecule has 0 spiro atoms. The second-order valence-electron chi connectivity index (χ2n) is 9.00. The normalized spacial score (nSPS) is 23.9. The second-order valence-corrected chi connectivity index (χ2v) is 17.2. The molecule has 3 aromatic carbocycles. The van der Waals surface area contributed by atoms with Crippen LogP contribution < -0.4 is 20.0 Å². The zero-order valence-electron chi connectivity index (χ0n) is 18.9. The van der Waals surface area contributed by atoms with Gasteiger partial charge in [0.1, 0.15) is 0 Å². The van der Waals surface area contributed by atoms with Crippen LogP contribution in [0.3, 0.4) is 0 Å². The fraction of sp³-hybridized carbons (Fsp3) is 0.200. The number of halogens is 2. The van der Waals surface area contributed by atoms with Gasteiger partial charge < -0.3 is 9.41 Å². The van der Waals surface area contributed by atoms with E-state index in [-0.39, 0.29) is 9.41 Å². The van der Waals surface area contributed by atoms with Crippen LogP contribution in [-0.2, 0) is 22.9 Å². The predicted molar refractivity (Wildman–Crippen MR) is 134 cm³/mol. The van der Waals surface area contributed by atoms with E-state index >= 15 is 0 Å². The van der Waals surface area contributed by atoms with Crippen LogP contribution in [-0.4, -0.2) is 0 Å². The Bertz CT molecular complexity index is 1150. The molecule has 34 heavy (non-hydrogen) atoms. The van der Waals surface area contributed by atoms with Crippen molar-refractivity contribution in [1.82, 2.24) is 0 Å². The molecule has 3 aliphatic rings. The third kappa shape index (κ3) is 4.75. The molecular formula is C30H27F2HfP. The van der Waals surface area contributed by atoms with Crippen molar-refractivity contribution in [3.05, 3.63) is 126 Å². The Labute approximate surface area is 213 Å². The molecule has 0 radical (unpaired) electrons. The Morgan fingerprint density at radius 2 is 1.29 bits per heavy atom. The van der Waals surface area contributed by atoms with Crippen LogP contribution in [0.5, 0.6) is 0 Å². The minimum atomic E-state index is -0.992. The number of fused-ring (bicyclic) bond motifs is 2. The molecule has 3 aromatic rings. The van der Waals surface area contributed by atoms with Crippen molar-refractivity contribution in [3.63, 3.8) is 0 Å². The largest absolute Gasteiger partial charge is 1.00 e. The summed E-state index contributed by atoms with van der Waals surface area (Å²) in [6.45, 7) is 0. The van der Waals surface area contributed by atoms with Gasteiger partial charge in [0, 0.05) is 0 Å². The zero-order valence-corrected chi connectivity index (χ0v) is 23.4. The van der Waals surface area contributed by atoms with Crippen molar-refractivity contribution >= 4 is 24.6 Å². The van der Waals surface area contributed by atoms with Crippen molar-refractivity contribution in [2.45, 2.75) is 20.2 Å². The topological polar surface area (TPSA) is 0 Å². The summed E-state index contributed by atoms with van der Waals surface area (Å²) < 4.78 is 1.67. The average molecular weight is 635 g/mol. The number of benzene rings is 3. The molecule has 0 N–H and O–H groups in total. The first-order chi connectivity index (χ1) is 15.9. The molecule has 4 unspecified atom stereocenters. The summed E-state index contributed by atoms with van der Waals surface area (Å²) in [6.07, 6.45) is 15.0. The van der Waals surface area contributed by atoms with E-state index in [0.717, 1.165) is 15.5 Å². The molecule has 170 valence electrons. The van der Waals surface area contributed by atoms with E-state index in [1.54, 1.807) is 10.9 Å². The fourth-order valence-corrected chi connectivity index (χ4v) is 17.5. The van der Waals surface area contributed by atoms with Crippen molar-refractivity contribution < 1.29 is 32.3 Å². The van der Waals surface area contributed by atoms with Gasteiger partial charge in [0.25, 0.3) is 0 Å². The number of allylic oxidation sites excluding steroid dienone is 5. The molecule has 1 fully saturated rings. The van der Waals surface area contributed by atoms with Crippen LogP contribution in [0.4, 0.5) is 0 Å². The summed E-state index contributed by atoms with van der Waals surface area (Å²) >= 11 is -0.992. The summed E-state index contributed by atoms with van der Waals surface area (Å²) in [7, 11) is -0.499. The molecule has 0 aromatic heterocycles. The van der Waals surface area contributed by atoms with Crippen molar-refractivity contribution in [2.75, 3.05) is 0 Å². The zero-order chi connectivity index (χ0) is 21.3. The van der Waals surface area contributed by atoms with E-state index in [9.17, 15) is 0 Å². The minimum Gasteiger partial charge on any atom is -1.00 e. The predicted octanol–water partition coefficient (Wildman–Crippen LogP) is 1.25. The van der Waals surface area contributed by atoms with Gasteiger partial charge in [-0.3, -0.25) is 0 Å². The van der Waals surface area contributed by atoms with E-state index in [1.165, 1.54) is 29.0 Å². The molecule has 4 heteroatoms. The summed E-state index contributed by atoms with van der Waals surface area (Å²) in [5, 5.41) is 4.71. The SMILES string of the molecule is C1=CC2CC[CH]([Hf+2][CH]3C(P(c4ccccc4)c4ccccc4)=Cc4ccccc43)C2C=C1.[F-].[F-]. The maximum absolute atomic E-state index is 2.59. The summed E-state index contributed by atoms with van der Waals surface area (Å²) in [4.78, 5) is 0. The van der Waals surface area contributed by atoms with Crippen LogP contribution in [0.1, 0.15) is 27.6 Å². The second kappa shape index (κ2) is 11.2. The van der Waals surface area contributed by atoms with Crippen LogP contribution in [0.25, 0.3) is 6.08 Å². The van der Waals surface area contributed by atoms with E-state index in [1.807, 2.05) is 0 Å². The molecule has 0 saturated heterocycles. The van der Waals surface area contributed by atoms with E-state index in [4.69, 9.17) is 0 Å². The first kappa shape index (κ1) is 25.1. The summed E-state index contributed by atoms with van der Waals surface area (Å²) in [5.41, 5.74) is 3.11. The molecule has 1 saturated carbocycles. The Hall–Kier alpha value is -1.96. The van der Waals surface area contributed by atoms with Gasteiger partial charge in [-0.25, -0.2) is 0 Å². The van der Waals surface area contributed by atoms with Gasteiger partial charge in [-0.1, -0.05) is 0 Å². The number of hydrogen-bond donors (Lipinski definition) is 0. The molecule has 0 bridgehead atoms. The van der Waals surface area contributed by atoms with Gasteiger partial charge >= 0.3 is 205 Å². The van der Waals surface area contributed by atoms with E-state index in [0.29, 0.717) is 3.67 Å². The van der Waals surface area contributed by atoms with Gasteiger partial charge in [0.2, 0.25) is 0 Å². The Balaban J connectivity index is 0.00000137. The minimum absolute atomic E-state index is 0. The van der Waals surface area contributed by atoms with Crippen molar-refractivity contribution in [1.29, 1.82) is 0 Å². The van der Waals surface area contributed by atoms with Gasteiger partial charge in [0.15, 0.2) is 0 Å². The van der Waals surface area contributed by atoms with Gasteiger partial charge in [-0.15, -0.1) is 0 Å². The Morgan fingerprint density at radius 1 is 0.676 bits per heavy atom. The quantitative estimate of drug-likeness (QED) is 0.293. The Kier molecular flexibility index (Phi) is 8.27. The van der Waals surface area contributed by atoms with Crippen LogP contribution in [0.15, 0.2) is 115 Å². The molecule has 0 amide bonds. The molecule has 6 rings (SSSR count). The van der Waals surface area contributed by atoms with Crippen LogP contribution in [0, 0.1) is 11.8 Å². The van der Waals surface area contributed by atoms with E-state index in [2.05, 4.69) is 115 Å². The monoisotopic (exact) mass is 636 g/mol. The average Bonchev–Trinajstić information content (AvgIpc) is 3.43. The standard InChI is InChI=1S/C21H16P.C9H11.2FH.Hf/c1-3-11-19(12-4-1)22(20-13-5-2-6-14-20)21-15-17-9-7-8-10-18(17)16-21;1-2-5-9-7-3-6-8(9)4-1;;;/h1-16H;1-2,4-6,8-9H,3,7H2;2*1H;/q;;;;+2/p-2. The molecule has 0 nitrogen and oxygen atoms in total. The number of rotatable bonds is 5. The fourth-order valence-electron chi connectivity index (χ4n) is 5.64. The Morgan fingerprint density at radius 3 is 2.00 bits per heavy atom. The molecule has 3 aliphatic carbocycles. The molecule has 0 aliphatic heterocycles. The summed E-state index contributed by atoms with van der Waals surface area (Å²) in [6, 6.07) is 31.9. The third-order valence-corrected chi connectivity index (χ3v) is 17.9. The smallest absolute Gasteiger partial charge is 1.00 e. The third-order valence-electron chi connectivity index (χ3n) is 7.15. The molecule has 4 atom stereocenters. The van der Waals surface area contributed by atoms with Crippen molar-refractivity contribution in [2.24, 2.45) is 11.8 Å². The van der Waals surface area contributed by atoms with Crippen molar-refractivity contribution in [3.8, 4) is 0 Å². The van der Waals surface area contributed by atoms with Gasteiger partial charge in [-0.05, 0) is 0 Å². The van der Waals surface area contributed by atoms with Crippen LogP contribution >= 0.6 is 7.92 Å². The number of hydrogen-bond acceptors (Lipinski definition) is 0. The first-order valence-electron chi connectivity index (χ1n) is 11.7.